The van der Waals surface area contributed by atoms with Crippen molar-refractivity contribution in [3.63, 3.8) is 0 Å². The molecule has 2 amide bonds. The number of likely N-dealkylation sites (tertiary alicyclic amines) is 1. The Morgan fingerprint density at radius 1 is 1.00 bits per heavy atom. The topological polar surface area (TPSA) is 49.9 Å². The van der Waals surface area contributed by atoms with Crippen molar-refractivity contribution in [1.29, 1.82) is 0 Å². The number of benzene rings is 1. The van der Waals surface area contributed by atoms with Crippen molar-refractivity contribution in [1.82, 2.24) is 9.80 Å². The Hall–Kier alpha value is -1.88. The maximum Gasteiger partial charge on any atom is 0.320 e. The van der Waals surface area contributed by atoms with Gasteiger partial charge in [-0.1, -0.05) is 23.8 Å². The third-order valence-electron chi connectivity index (χ3n) is 5.07. The molecule has 0 bridgehead atoms. The van der Waals surface area contributed by atoms with E-state index in [0.29, 0.717) is 39.4 Å². The molecule has 0 spiro atoms. The Balaban J connectivity index is 1.58. The van der Waals surface area contributed by atoms with Gasteiger partial charge in [-0.3, -0.25) is 4.79 Å². The van der Waals surface area contributed by atoms with Crippen LogP contribution in [0.15, 0.2) is 18.2 Å². The number of urea groups is 1. The largest absolute Gasteiger partial charge is 0.378 e. The first kappa shape index (κ1) is 17.0. The lowest BCUT2D eigenvalue weighted by Gasteiger charge is -2.36. The maximum atomic E-state index is 12.8. The van der Waals surface area contributed by atoms with Crippen molar-refractivity contribution >= 4 is 11.8 Å². The van der Waals surface area contributed by atoms with E-state index in [2.05, 4.69) is 6.07 Å². The van der Waals surface area contributed by atoms with Crippen LogP contribution in [0.3, 0.4) is 0 Å². The van der Waals surface area contributed by atoms with Crippen LogP contribution in [0.1, 0.15) is 34.3 Å². The molecule has 0 N–H and O–H groups in total. The molecule has 0 unspecified atom stereocenters. The summed E-state index contributed by atoms with van der Waals surface area (Å²) < 4.78 is 5.30. The minimum absolute atomic E-state index is 0.0279. The summed E-state index contributed by atoms with van der Waals surface area (Å²) in [4.78, 5) is 29.0. The van der Waals surface area contributed by atoms with Gasteiger partial charge >= 0.3 is 6.03 Å². The van der Waals surface area contributed by atoms with Gasteiger partial charge in [0.2, 0.25) is 0 Å². The SMILES string of the molecule is Cc1ccc(C(=O)C2CCN(C(=O)N3CCOCC3)CC2)c(C)c1. The smallest absolute Gasteiger partial charge is 0.320 e. The predicted molar refractivity (Wildman–Crippen MR) is 92.3 cm³/mol. The quantitative estimate of drug-likeness (QED) is 0.783. The van der Waals surface area contributed by atoms with Crippen LogP contribution >= 0.6 is 0 Å². The highest BCUT2D eigenvalue weighted by Gasteiger charge is 2.30. The summed E-state index contributed by atoms with van der Waals surface area (Å²) in [7, 11) is 0. The maximum absolute atomic E-state index is 12.8. The molecule has 130 valence electrons. The number of carbonyl (C=O) groups excluding carboxylic acids is 2. The molecule has 2 heterocycles. The Morgan fingerprint density at radius 2 is 1.62 bits per heavy atom. The van der Waals surface area contributed by atoms with Gasteiger partial charge in [-0.15, -0.1) is 0 Å². The van der Waals surface area contributed by atoms with Gasteiger partial charge in [0.05, 0.1) is 13.2 Å². The number of nitrogens with zero attached hydrogens (tertiary/aromatic N) is 2. The van der Waals surface area contributed by atoms with Crippen LogP contribution < -0.4 is 0 Å². The van der Waals surface area contributed by atoms with Gasteiger partial charge in [0.15, 0.2) is 5.78 Å². The first-order valence-electron chi connectivity index (χ1n) is 8.79. The van der Waals surface area contributed by atoms with Crippen molar-refractivity contribution in [2.75, 3.05) is 39.4 Å². The number of aryl methyl sites for hydroxylation is 2. The molecular formula is C19H26N2O3. The molecule has 5 nitrogen and oxygen atoms in total. The molecule has 0 atom stereocenters. The average molecular weight is 330 g/mol. The summed E-state index contributed by atoms with van der Waals surface area (Å²) in [6.45, 7) is 7.94. The zero-order chi connectivity index (χ0) is 17.1. The molecule has 2 aliphatic rings. The summed E-state index contributed by atoms with van der Waals surface area (Å²) in [5.41, 5.74) is 3.06. The number of amides is 2. The molecule has 0 radical (unpaired) electrons. The molecule has 3 rings (SSSR count). The Labute approximate surface area is 143 Å². The van der Waals surface area contributed by atoms with Crippen LogP contribution in [0.4, 0.5) is 4.79 Å². The molecule has 5 heteroatoms. The van der Waals surface area contributed by atoms with Crippen molar-refractivity contribution in [2.45, 2.75) is 26.7 Å². The minimum Gasteiger partial charge on any atom is -0.378 e. The van der Waals surface area contributed by atoms with Gasteiger partial charge in [0, 0.05) is 37.7 Å². The number of morpholine rings is 1. The number of ketones is 1. The van der Waals surface area contributed by atoms with Gasteiger partial charge in [-0.25, -0.2) is 4.79 Å². The summed E-state index contributed by atoms with van der Waals surface area (Å²) in [6.07, 6.45) is 1.50. The fraction of sp³-hybridized carbons (Fsp3) is 0.579. The van der Waals surface area contributed by atoms with E-state index in [0.717, 1.165) is 24.0 Å². The number of ether oxygens (including phenoxy) is 1. The van der Waals surface area contributed by atoms with E-state index in [1.165, 1.54) is 5.56 Å². The second-order valence-corrected chi connectivity index (χ2v) is 6.83. The van der Waals surface area contributed by atoms with E-state index in [4.69, 9.17) is 4.74 Å². The van der Waals surface area contributed by atoms with Gasteiger partial charge < -0.3 is 14.5 Å². The molecule has 24 heavy (non-hydrogen) atoms. The molecule has 1 aromatic carbocycles. The minimum atomic E-state index is 0.0279. The number of hydrogen-bond acceptors (Lipinski definition) is 3. The van der Waals surface area contributed by atoms with E-state index in [-0.39, 0.29) is 17.7 Å². The van der Waals surface area contributed by atoms with E-state index in [1.807, 2.05) is 35.8 Å². The average Bonchev–Trinajstić information content (AvgIpc) is 2.61. The zero-order valence-electron chi connectivity index (χ0n) is 14.6. The second kappa shape index (κ2) is 7.34. The van der Waals surface area contributed by atoms with E-state index in [9.17, 15) is 9.59 Å². The lowest BCUT2D eigenvalue weighted by molar-refractivity contribution is 0.0397. The number of carbonyl (C=O) groups is 2. The van der Waals surface area contributed by atoms with Crippen LogP contribution in [-0.4, -0.2) is 61.0 Å². The van der Waals surface area contributed by atoms with Crippen molar-refractivity contribution in [2.24, 2.45) is 5.92 Å². The van der Waals surface area contributed by atoms with Crippen LogP contribution in [0, 0.1) is 19.8 Å². The van der Waals surface area contributed by atoms with Crippen LogP contribution in [0.2, 0.25) is 0 Å². The fourth-order valence-corrected chi connectivity index (χ4v) is 3.60. The normalized spacial score (nSPS) is 19.4. The third-order valence-corrected chi connectivity index (χ3v) is 5.07. The monoisotopic (exact) mass is 330 g/mol. The molecule has 2 fully saturated rings. The van der Waals surface area contributed by atoms with Gasteiger partial charge in [0.25, 0.3) is 0 Å². The van der Waals surface area contributed by atoms with E-state index in [1.54, 1.807) is 0 Å². The summed E-state index contributed by atoms with van der Waals surface area (Å²) in [5.74, 6) is 0.256. The predicted octanol–water partition coefficient (Wildman–Crippen LogP) is 2.65. The summed E-state index contributed by atoms with van der Waals surface area (Å²) in [5, 5.41) is 0. The highest BCUT2D eigenvalue weighted by Crippen LogP contribution is 2.24. The van der Waals surface area contributed by atoms with Crippen LogP contribution in [0.25, 0.3) is 0 Å². The second-order valence-electron chi connectivity index (χ2n) is 6.83. The fourth-order valence-electron chi connectivity index (χ4n) is 3.60. The Bertz CT molecular complexity index is 615. The van der Waals surface area contributed by atoms with E-state index < -0.39 is 0 Å². The highest BCUT2D eigenvalue weighted by atomic mass is 16.5. The lowest BCUT2D eigenvalue weighted by atomic mass is 9.87. The molecule has 0 aromatic heterocycles. The van der Waals surface area contributed by atoms with Gasteiger partial charge in [-0.2, -0.15) is 0 Å². The van der Waals surface area contributed by atoms with Crippen molar-refractivity contribution in [3.05, 3.63) is 34.9 Å². The first-order chi connectivity index (χ1) is 11.6. The Kier molecular flexibility index (Phi) is 5.19. The number of rotatable bonds is 2. The standard InChI is InChI=1S/C19H26N2O3/c1-14-3-4-17(15(2)13-14)18(22)16-5-7-20(8-6-16)19(23)21-9-11-24-12-10-21/h3-4,13,16H,5-12H2,1-2H3. The third kappa shape index (κ3) is 3.61. The molecule has 2 aliphatic heterocycles. The lowest BCUT2D eigenvalue weighted by Crippen LogP contribution is -2.50. The number of piperidine rings is 1. The number of hydrogen-bond donors (Lipinski definition) is 0. The summed E-state index contributed by atoms with van der Waals surface area (Å²) in [6, 6.07) is 6.09. The van der Waals surface area contributed by atoms with E-state index >= 15 is 0 Å². The zero-order valence-corrected chi connectivity index (χ0v) is 14.6. The molecule has 1 aromatic rings. The highest BCUT2D eigenvalue weighted by molar-refractivity contribution is 5.99. The van der Waals surface area contributed by atoms with Crippen molar-refractivity contribution in [3.8, 4) is 0 Å². The molecular weight excluding hydrogens is 304 g/mol. The van der Waals surface area contributed by atoms with Crippen molar-refractivity contribution < 1.29 is 14.3 Å². The number of Topliss-reactive ketones (excluding diaryl/α,β-unsaturated/α-hetero) is 1. The van der Waals surface area contributed by atoms with Crippen LogP contribution in [-0.2, 0) is 4.74 Å². The molecule has 0 aliphatic carbocycles. The molecule has 0 saturated carbocycles. The van der Waals surface area contributed by atoms with Crippen LogP contribution in [0.5, 0.6) is 0 Å². The van der Waals surface area contributed by atoms with Gasteiger partial charge in [-0.05, 0) is 32.3 Å². The Morgan fingerprint density at radius 3 is 2.25 bits per heavy atom. The van der Waals surface area contributed by atoms with Gasteiger partial charge in [0.1, 0.15) is 0 Å². The first-order valence-corrected chi connectivity index (χ1v) is 8.79. The summed E-state index contributed by atoms with van der Waals surface area (Å²) >= 11 is 0. The molecule has 2 saturated heterocycles.